The van der Waals surface area contributed by atoms with Crippen molar-refractivity contribution in [1.29, 1.82) is 0 Å². The molecule has 0 bridgehead atoms. The number of nitrogens with zero attached hydrogens (tertiary/aromatic N) is 3. The van der Waals surface area contributed by atoms with Gasteiger partial charge >= 0.3 is 11.7 Å². The van der Waals surface area contributed by atoms with Gasteiger partial charge in [0.25, 0.3) is 0 Å². The average molecular weight is 373 g/mol. The molecule has 8 nitrogen and oxygen atoms in total. The van der Waals surface area contributed by atoms with Crippen LogP contribution in [0.2, 0.25) is 0 Å². The number of hydrogen-bond acceptors (Lipinski definition) is 5. The van der Waals surface area contributed by atoms with E-state index < -0.39 is 0 Å². The molecule has 2 heterocycles. The number of urea groups is 1. The molecule has 2 aromatic heterocycles. The molecule has 3 rings (SSSR count). The number of carbonyl (C=O) groups is 1. The van der Waals surface area contributed by atoms with Crippen molar-refractivity contribution in [3.8, 4) is 17.1 Å². The van der Waals surface area contributed by atoms with Crippen molar-refractivity contribution < 1.29 is 9.53 Å². The average Bonchev–Trinajstić information content (AvgIpc) is 3.25. The number of anilines is 1. The Morgan fingerprint density at radius 3 is 2.69 bits per heavy atom. The minimum atomic E-state index is -0.313. The van der Waals surface area contributed by atoms with E-state index in [9.17, 15) is 9.59 Å². The molecular formula is C17H19N5O3S. The van der Waals surface area contributed by atoms with Crippen LogP contribution in [0, 0.1) is 0 Å². The fraction of sp³-hybridized carbons (Fsp3) is 0.235. The van der Waals surface area contributed by atoms with E-state index in [1.54, 1.807) is 14.2 Å². The molecule has 0 saturated heterocycles. The maximum atomic E-state index is 12.3. The summed E-state index contributed by atoms with van der Waals surface area (Å²) in [4.78, 5) is 24.1. The van der Waals surface area contributed by atoms with Crippen molar-refractivity contribution in [2.45, 2.75) is 6.54 Å². The maximum Gasteiger partial charge on any atom is 0.345 e. The fourth-order valence-corrected chi connectivity index (χ4v) is 3.02. The van der Waals surface area contributed by atoms with Gasteiger partial charge in [-0.25, -0.2) is 14.3 Å². The van der Waals surface area contributed by atoms with Crippen molar-refractivity contribution in [1.82, 2.24) is 19.7 Å². The molecule has 136 valence electrons. The quantitative estimate of drug-likeness (QED) is 0.693. The SMILES string of the molecule is COc1ccc(-c2nn(CCNC(=O)Nc3cccs3)c(=O)n2C)cc1. The summed E-state index contributed by atoms with van der Waals surface area (Å²) in [6, 6.07) is 10.7. The molecule has 2 amide bonds. The first-order valence-electron chi connectivity index (χ1n) is 7.95. The predicted molar refractivity (Wildman–Crippen MR) is 101 cm³/mol. The zero-order chi connectivity index (χ0) is 18.5. The normalized spacial score (nSPS) is 10.5. The lowest BCUT2D eigenvalue weighted by Crippen LogP contribution is -2.34. The van der Waals surface area contributed by atoms with Gasteiger partial charge in [0.15, 0.2) is 5.82 Å². The second kappa shape index (κ2) is 7.87. The molecule has 0 aliphatic rings. The summed E-state index contributed by atoms with van der Waals surface area (Å²) in [6.07, 6.45) is 0. The first-order valence-corrected chi connectivity index (χ1v) is 8.83. The molecule has 26 heavy (non-hydrogen) atoms. The fourth-order valence-electron chi connectivity index (χ4n) is 2.41. The van der Waals surface area contributed by atoms with Gasteiger partial charge in [0.2, 0.25) is 0 Å². The Balaban J connectivity index is 1.63. The van der Waals surface area contributed by atoms with Crippen molar-refractivity contribution in [2.75, 3.05) is 19.0 Å². The van der Waals surface area contributed by atoms with E-state index in [1.807, 2.05) is 41.8 Å². The number of hydrogen-bond donors (Lipinski definition) is 2. The molecule has 0 aliphatic carbocycles. The molecule has 0 saturated carbocycles. The number of nitrogens with one attached hydrogen (secondary N) is 2. The number of amides is 2. The molecule has 0 unspecified atom stereocenters. The van der Waals surface area contributed by atoms with Gasteiger partial charge in [-0.15, -0.1) is 16.4 Å². The Kier molecular flexibility index (Phi) is 5.37. The second-order valence-electron chi connectivity index (χ2n) is 5.48. The van der Waals surface area contributed by atoms with E-state index in [2.05, 4.69) is 15.7 Å². The minimum absolute atomic E-state index is 0.240. The van der Waals surface area contributed by atoms with Crippen LogP contribution in [0.1, 0.15) is 0 Å². The molecule has 0 aliphatic heterocycles. The summed E-state index contributed by atoms with van der Waals surface area (Å²) in [7, 11) is 3.27. The predicted octanol–water partition coefficient (Wildman–Crippen LogP) is 2.14. The van der Waals surface area contributed by atoms with Crippen LogP contribution in [0.15, 0.2) is 46.6 Å². The molecule has 0 spiro atoms. The Labute approximate surface area is 154 Å². The number of rotatable bonds is 6. The van der Waals surface area contributed by atoms with E-state index >= 15 is 0 Å². The lowest BCUT2D eigenvalue weighted by molar-refractivity contribution is 0.251. The lowest BCUT2D eigenvalue weighted by Gasteiger charge is -2.05. The second-order valence-corrected chi connectivity index (χ2v) is 6.42. The van der Waals surface area contributed by atoms with Crippen molar-refractivity contribution >= 4 is 22.4 Å². The lowest BCUT2D eigenvalue weighted by atomic mass is 10.2. The molecular weight excluding hydrogens is 354 g/mol. The van der Waals surface area contributed by atoms with Crippen molar-refractivity contribution in [3.63, 3.8) is 0 Å². The summed E-state index contributed by atoms with van der Waals surface area (Å²) < 4.78 is 7.96. The zero-order valence-corrected chi connectivity index (χ0v) is 15.2. The monoisotopic (exact) mass is 373 g/mol. The third-order valence-corrected chi connectivity index (χ3v) is 4.54. The highest BCUT2D eigenvalue weighted by atomic mass is 32.1. The largest absolute Gasteiger partial charge is 0.497 e. The van der Waals surface area contributed by atoms with Crippen LogP contribution in [0.3, 0.4) is 0 Å². The van der Waals surface area contributed by atoms with Crippen LogP contribution >= 0.6 is 11.3 Å². The summed E-state index contributed by atoms with van der Waals surface area (Å²) in [6.45, 7) is 0.566. The topological polar surface area (TPSA) is 90.2 Å². The van der Waals surface area contributed by atoms with Gasteiger partial charge in [0.05, 0.1) is 18.7 Å². The number of ether oxygens (including phenoxy) is 1. The first-order chi connectivity index (χ1) is 12.6. The van der Waals surface area contributed by atoms with Gasteiger partial charge in [-0.1, -0.05) is 0 Å². The van der Waals surface area contributed by atoms with Crippen LogP contribution in [0.5, 0.6) is 5.75 Å². The van der Waals surface area contributed by atoms with Crippen LogP contribution in [0.25, 0.3) is 11.4 Å². The highest BCUT2D eigenvalue weighted by Gasteiger charge is 2.12. The van der Waals surface area contributed by atoms with E-state index in [1.165, 1.54) is 20.6 Å². The maximum absolute atomic E-state index is 12.3. The minimum Gasteiger partial charge on any atom is -0.497 e. The number of benzene rings is 1. The van der Waals surface area contributed by atoms with Crippen LogP contribution < -0.4 is 21.1 Å². The van der Waals surface area contributed by atoms with Crippen molar-refractivity contribution in [3.05, 3.63) is 52.3 Å². The van der Waals surface area contributed by atoms with Crippen LogP contribution in [0.4, 0.5) is 9.80 Å². The number of carbonyl (C=O) groups excluding carboxylic acids is 1. The standard InChI is InChI=1S/C17H19N5O3S/c1-21-15(12-5-7-13(25-2)8-6-12)20-22(17(21)24)10-9-18-16(23)19-14-4-3-11-26-14/h3-8,11H,9-10H2,1-2H3,(H2,18,19,23). The molecule has 9 heteroatoms. The van der Waals surface area contributed by atoms with E-state index in [4.69, 9.17) is 4.74 Å². The molecule has 0 atom stereocenters. The smallest absolute Gasteiger partial charge is 0.345 e. The Bertz CT molecular complexity index is 928. The zero-order valence-electron chi connectivity index (χ0n) is 14.4. The van der Waals surface area contributed by atoms with Gasteiger partial charge in [-0.05, 0) is 41.8 Å². The highest BCUT2D eigenvalue weighted by Crippen LogP contribution is 2.19. The van der Waals surface area contributed by atoms with Crippen LogP contribution in [-0.2, 0) is 13.6 Å². The summed E-state index contributed by atoms with van der Waals surface area (Å²) in [5.74, 6) is 1.29. The Morgan fingerprint density at radius 1 is 1.27 bits per heavy atom. The molecule has 3 aromatic rings. The molecule has 2 N–H and O–H groups in total. The van der Waals surface area contributed by atoms with E-state index in [0.717, 1.165) is 16.3 Å². The Morgan fingerprint density at radius 2 is 2.04 bits per heavy atom. The van der Waals surface area contributed by atoms with Gasteiger partial charge < -0.3 is 10.1 Å². The highest BCUT2D eigenvalue weighted by molar-refractivity contribution is 7.14. The summed E-state index contributed by atoms with van der Waals surface area (Å²) >= 11 is 1.44. The summed E-state index contributed by atoms with van der Waals surface area (Å²) in [5, 5.41) is 12.4. The third-order valence-electron chi connectivity index (χ3n) is 3.76. The van der Waals surface area contributed by atoms with E-state index in [-0.39, 0.29) is 24.8 Å². The van der Waals surface area contributed by atoms with Gasteiger partial charge in [-0.2, -0.15) is 0 Å². The number of methoxy groups -OCH3 is 1. The van der Waals surface area contributed by atoms with Crippen molar-refractivity contribution in [2.24, 2.45) is 7.05 Å². The van der Waals surface area contributed by atoms with Gasteiger partial charge in [0, 0.05) is 19.2 Å². The van der Waals surface area contributed by atoms with Gasteiger partial charge in [-0.3, -0.25) is 9.88 Å². The van der Waals surface area contributed by atoms with Crippen LogP contribution in [-0.4, -0.2) is 34.0 Å². The molecule has 0 radical (unpaired) electrons. The Hall–Kier alpha value is -3.07. The molecule has 1 aromatic carbocycles. The van der Waals surface area contributed by atoms with Gasteiger partial charge in [0.1, 0.15) is 5.75 Å². The summed E-state index contributed by atoms with van der Waals surface area (Å²) in [5.41, 5.74) is 0.573. The molecule has 0 fully saturated rings. The third kappa shape index (κ3) is 3.94. The number of aromatic nitrogens is 3. The first kappa shape index (κ1) is 17.7. The van der Waals surface area contributed by atoms with E-state index in [0.29, 0.717) is 5.82 Å². The number of thiophene rings is 1.